The summed E-state index contributed by atoms with van der Waals surface area (Å²) in [4.78, 5) is 2.46. The molecule has 2 atom stereocenters. The van der Waals surface area contributed by atoms with E-state index in [1.807, 2.05) is 6.07 Å². The summed E-state index contributed by atoms with van der Waals surface area (Å²) >= 11 is 0. The summed E-state index contributed by atoms with van der Waals surface area (Å²) in [6.07, 6.45) is 1.64. The molecule has 0 bridgehead atoms. The van der Waals surface area contributed by atoms with Crippen LogP contribution in [0.4, 0.5) is 0 Å². The predicted octanol–water partition coefficient (Wildman–Crippen LogP) is 2.38. The Morgan fingerprint density at radius 1 is 1.35 bits per heavy atom. The first-order valence-electron chi connectivity index (χ1n) is 7.11. The maximum Gasteiger partial charge on any atom is 0.124 e. The Morgan fingerprint density at radius 2 is 2.15 bits per heavy atom. The Bertz CT molecular complexity index is 540. The monoisotopic (exact) mass is 271 g/mol. The normalized spacial score (nSPS) is 27.6. The molecule has 20 heavy (non-hydrogen) atoms. The third-order valence-corrected chi connectivity index (χ3v) is 4.20. The van der Waals surface area contributed by atoms with Crippen LogP contribution in [0.3, 0.4) is 0 Å². The molecule has 0 saturated carbocycles. The van der Waals surface area contributed by atoms with Crippen molar-refractivity contribution in [3.63, 3.8) is 0 Å². The van der Waals surface area contributed by atoms with E-state index in [0.717, 1.165) is 25.3 Å². The van der Waals surface area contributed by atoms with Gasteiger partial charge in [-0.1, -0.05) is 35.5 Å². The summed E-state index contributed by atoms with van der Waals surface area (Å²) in [7, 11) is 0. The van der Waals surface area contributed by atoms with Crippen molar-refractivity contribution < 1.29 is 4.52 Å². The van der Waals surface area contributed by atoms with Crippen LogP contribution in [0.2, 0.25) is 0 Å². The lowest BCUT2D eigenvalue weighted by atomic mass is 9.88. The van der Waals surface area contributed by atoms with Gasteiger partial charge in [0.1, 0.15) is 6.26 Å². The van der Waals surface area contributed by atoms with Crippen LogP contribution in [-0.4, -0.2) is 29.2 Å². The zero-order valence-electron chi connectivity index (χ0n) is 12.0. The number of nitrogens with one attached hydrogen (secondary N) is 1. The Morgan fingerprint density at radius 3 is 2.85 bits per heavy atom. The number of benzene rings is 1. The zero-order valence-corrected chi connectivity index (χ0v) is 12.0. The van der Waals surface area contributed by atoms with E-state index in [1.54, 1.807) is 6.26 Å². The number of nitrogens with zero attached hydrogens (tertiary/aromatic N) is 2. The van der Waals surface area contributed by atoms with Crippen LogP contribution in [0.25, 0.3) is 0 Å². The van der Waals surface area contributed by atoms with Crippen molar-refractivity contribution in [2.75, 3.05) is 13.1 Å². The van der Waals surface area contributed by atoms with E-state index in [2.05, 4.69) is 59.6 Å². The molecule has 0 spiro atoms. The van der Waals surface area contributed by atoms with E-state index >= 15 is 0 Å². The molecule has 4 heteroatoms. The van der Waals surface area contributed by atoms with Gasteiger partial charge in [0.05, 0.1) is 11.2 Å². The minimum atomic E-state index is -0.0164. The highest BCUT2D eigenvalue weighted by molar-refractivity contribution is 5.25. The van der Waals surface area contributed by atoms with E-state index < -0.39 is 0 Å². The zero-order chi connectivity index (χ0) is 14.0. The molecule has 1 saturated heterocycles. The molecule has 4 nitrogen and oxygen atoms in total. The fourth-order valence-electron chi connectivity index (χ4n) is 2.86. The van der Waals surface area contributed by atoms with Crippen molar-refractivity contribution in [1.29, 1.82) is 0 Å². The van der Waals surface area contributed by atoms with E-state index in [4.69, 9.17) is 4.52 Å². The number of rotatable bonds is 3. The van der Waals surface area contributed by atoms with Crippen LogP contribution in [0.1, 0.15) is 25.1 Å². The van der Waals surface area contributed by atoms with Gasteiger partial charge >= 0.3 is 0 Å². The largest absolute Gasteiger partial charge is 0.364 e. The summed E-state index contributed by atoms with van der Waals surface area (Å²) in [5.41, 5.74) is 2.31. The third kappa shape index (κ3) is 2.62. The Hall–Kier alpha value is -1.65. The third-order valence-electron chi connectivity index (χ3n) is 4.20. The lowest BCUT2D eigenvalue weighted by Gasteiger charge is -2.45. The van der Waals surface area contributed by atoms with E-state index in [0.29, 0.717) is 6.04 Å². The Balaban J connectivity index is 1.78. The van der Waals surface area contributed by atoms with Crippen molar-refractivity contribution >= 4 is 0 Å². The van der Waals surface area contributed by atoms with Gasteiger partial charge in [0, 0.05) is 31.7 Å². The van der Waals surface area contributed by atoms with E-state index in [9.17, 15) is 0 Å². The van der Waals surface area contributed by atoms with Crippen molar-refractivity contribution in [3.05, 3.63) is 53.9 Å². The van der Waals surface area contributed by atoms with Crippen molar-refractivity contribution in [1.82, 2.24) is 15.4 Å². The van der Waals surface area contributed by atoms with Crippen LogP contribution in [0.5, 0.6) is 0 Å². The average Bonchev–Trinajstić information content (AvgIpc) is 2.97. The molecule has 2 aromatic rings. The first-order valence-corrected chi connectivity index (χ1v) is 7.11. The molecule has 1 aromatic heterocycles. The molecule has 0 radical (unpaired) electrons. The van der Waals surface area contributed by atoms with Gasteiger partial charge in [-0.25, -0.2) is 0 Å². The molecule has 1 aliphatic heterocycles. The summed E-state index contributed by atoms with van der Waals surface area (Å²) in [5.74, 6) is 0. The van der Waals surface area contributed by atoms with Crippen LogP contribution in [0, 0.1) is 0 Å². The molecule has 3 rings (SSSR count). The quantitative estimate of drug-likeness (QED) is 0.930. The fraction of sp³-hybridized carbons (Fsp3) is 0.438. The molecule has 0 aliphatic carbocycles. The summed E-state index contributed by atoms with van der Waals surface area (Å²) < 4.78 is 4.94. The Labute approximate surface area is 119 Å². The smallest absolute Gasteiger partial charge is 0.124 e. The maximum absolute atomic E-state index is 4.94. The van der Waals surface area contributed by atoms with Gasteiger partial charge in [-0.15, -0.1) is 0 Å². The number of aromatic nitrogens is 1. The fourth-order valence-corrected chi connectivity index (χ4v) is 2.86. The summed E-state index contributed by atoms with van der Waals surface area (Å²) in [6, 6.07) is 13.1. The number of piperazine rings is 1. The van der Waals surface area contributed by atoms with Gasteiger partial charge in [0.25, 0.3) is 0 Å². The van der Waals surface area contributed by atoms with Crippen molar-refractivity contribution in [2.24, 2.45) is 0 Å². The van der Waals surface area contributed by atoms with Gasteiger partial charge in [-0.2, -0.15) is 0 Å². The maximum atomic E-state index is 4.94. The topological polar surface area (TPSA) is 41.3 Å². The molecule has 2 heterocycles. The van der Waals surface area contributed by atoms with E-state index in [-0.39, 0.29) is 5.54 Å². The SMILES string of the molecule is CC1CNC(C)(c2ccccc2)CN1Cc1ccon1. The van der Waals surface area contributed by atoms with Crippen LogP contribution in [0.15, 0.2) is 47.2 Å². The molecule has 1 N–H and O–H groups in total. The molecule has 1 aromatic carbocycles. The van der Waals surface area contributed by atoms with Gasteiger partial charge in [0.15, 0.2) is 0 Å². The standard InChI is InChI=1S/C16H21N3O/c1-13-10-17-16(2,14-6-4-3-5-7-14)12-19(13)11-15-8-9-20-18-15/h3-9,13,17H,10-12H2,1-2H3. The highest BCUT2D eigenvalue weighted by Gasteiger charge is 2.35. The van der Waals surface area contributed by atoms with Gasteiger partial charge in [-0.05, 0) is 19.4 Å². The second kappa shape index (κ2) is 5.38. The van der Waals surface area contributed by atoms with Crippen LogP contribution >= 0.6 is 0 Å². The Kier molecular flexibility index (Phi) is 3.59. The molecule has 106 valence electrons. The minimum Gasteiger partial charge on any atom is -0.364 e. The molecule has 1 aliphatic rings. The van der Waals surface area contributed by atoms with E-state index in [1.165, 1.54) is 5.56 Å². The first kappa shape index (κ1) is 13.3. The second-order valence-electron chi connectivity index (χ2n) is 5.82. The molecule has 0 amide bonds. The lowest BCUT2D eigenvalue weighted by molar-refractivity contribution is 0.0856. The molecule has 2 unspecified atom stereocenters. The minimum absolute atomic E-state index is 0.0164. The van der Waals surface area contributed by atoms with Gasteiger partial charge in [0.2, 0.25) is 0 Å². The number of hydrogen-bond donors (Lipinski definition) is 1. The summed E-state index contributed by atoms with van der Waals surface area (Å²) in [6.45, 7) is 7.29. The van der Waals surface area contributed by atoms with Crippen molar-refractivity contribution in [2.45, 2.75) is 32.0 Å². The molecule has 1 fully saturated rings. The highest BCUT2D eigenvalue weighted by Crippen LogP contribution is 2.27. The first-order chi connectivity index (χ1) is 9.67. The predicted molar refractivity (Wildman–Crippen MR) is 78.2 cm³/mol. The molecular weight excluding hydrogens is 250 g/mol. The number of hydrogen-bond acceptors (Lipinski definition) is 4. The van der Waals surface area contributed by atoms with Gasteiger partial charge < -0.3 is 9.84 Å². The summed E-state index contributed by atoms with van der Waals surface area (Å²) in [5, 5.41) is 7.71. The van der Waals surface area contributed by atoms with Crippen LogP contribution in [-0.2, 0) is 12.1 Å². The van der Waals surface area contributed by atoms with Crippen molar-refractivity contribution in [3.8, 4) is 0 Å². The van der Waals surface area contributed by atoms with Crippen LogP contribution < -0.4 is 5.32 Å². The molecular formula is C16H21N3O. The second-order valence-corrected chi connectivity index (χ2v) is 5.82. The van der Waals surface area contributed by atoms with Gasteiger partial charge in [-0.3, -0.25) is 4.90 Å². The average molecular weight is 271 g/mol. The lowest BCUT2D eigenvalue weighted by Crippen LogP contribution is -2.59. The highest BCUT2D eigenvalue weighted by atomic mass is 16.5.